The van der Waals surface area contributed by atoms with E-state index in [-0.39, 0.29) is 31.8 Å². The number of aliphatic carboxylic acids is 2. The van der Waals surface area contributed by atoms with E-state index < -0.39 is 157 Å². The predicted octanol–water partition coefficient (Wildman–Crippen LogP) is -3.60. The third-order valence-corrected chi connectivity index (χ3v) is 11.6. The Bertz CT molecular complexity index is 1780. The quantitative estimate of drug-likeness (QED) is 0.0422. The molecule has 0 aromatic heterocycles. The molecule has 2 saturated heterocycles. The van der Waals surface area contributed by atoms with Crippen LogP contribution in [-0.4, -0.2) is 164 Å². The average molecular weight is 925 g/mol. The number of rotatable bonds is 25. The lowest BCUT2D eigenvalue weighted by Crippen LogP contribution is -2.61. The number of carboxylic acids is 2. The Morgan fingerprint density at radius 2 is 1.14 bits per heavy atom. The summed E-state index contributed by atoms with van der Waals surface area (Å²) in [7, 11) is 0. The first-order valence-electron chi connectivity index (χ1n) is 21.9. The lowest BCUT2D eigenvalue weighted by Gasteiger charge is -2.33. The molecule has 10 atom stereocenters. The minimum absolute atomic E-state index is 0.0521. The second-order valence-corrected chi connectivity index (χ2v) is 17.3. The highest BCUT2D eigenvalue weighted by Crippen LogP contribution is 2.23. The Balaban J connectivity index is 2.27. The number of aliphatic hydroxyl groups excluding tert-OH is 1. The summed E-state index contributed by atoms with van der Waals surface area (Å²) in [5, 5.41) is 43.4. The first-order valence-corrected chi connectivity index (χ1v) is 21.9. The van der Waals surface area contributed by atoms with Crippen LogP contribution in [-0.2, 0) is 52.7 Å². The highest BCUT2D eigenvalue weighted by Gasteiger charge is 2.42. The summed E-state index contributed by atoms with van der Waals surface area (Å²) in [6.07, 6.45) is -0.533. The summed E-state index contributed by atoms with van der Waals surface area (Å²) >= 11 is 0. The van der Waals surface area contributed by atoms with Gasteiger partial charge >= 0.3 is 11.9 Å². The standard InChI is InChI=1S/C41H68N10O14/c1-8-21(6)32(49-35(58)25(18-52)47-38(61)30(43)19(2)3)40(63)51-16-10-11-26(51)36(59)45-23(13-14-29(54)55)33(56)46-24(17-28(42)53)34(57)44-22(7)39(62)50-15-9-12-27(50)37(60)48-31(20(4)5)41(64)65/h19-27,30-32,52H,8-18,43H2,1-7H3,(H2,42,53)(H,44,57)(H,45,59)(H,46,56)(H,47,61)(H,48,60)(H,49,58)(H,54,55)(H,64,65)/t21-,22-,23-,24-,25-,26-,27-,30-,31-,32-/m0/s1. The van der Waals surface area contributed by atoms with E-state index in [1.54, 1.807) is 41.5 Å². The van der Waals surface area contributed by atoms with Crippen LogP contribution in [0.2, 0.25) is 0 Å². The normalized spacial score (nSPS) is 19.7. The summed E-state index contributed by atoms with van der Waals surface area (Å²) < 4.78 is 0. The molecular weight excluding hydrogens is 857 g/mol. The fourth-order valence-corrected chi connectivity index (χ4v) is 7.36. The van der Waals surface area contributed by atoms with Gasteiger partial charge in [0.1, 0.15) is 48.3 Å². The molecule has 0 aromatic rings. The average Bonchev–Trinajstić information content (AvgIpc) is 3.94. The molecule has 366 valence electrons. The number of amides is 9. The largest absolute Gasteiger partial charge is 0.481 e. The Labute approximate surface area is 377 Å². The van der Waals surface area contributed by atoms with Crippen molar-refractivity contribution in [2.45, 2.75) is 154 Å². The molecule has 0 saturated carbocycles. The van der Waals surface area contributed by atoms with Crippen LogP contribution in [0.15, 0.2) is 0 Å². The van der Waals surface area contributed by atoms with Crippen LogP contribution in [0.4, 0.5) is 0 Å². The first-order chi connectivity index (χ1) is 30.4. The molecule has 2 aliphatic heterocycles. The number of nitrogens with one attached hydrogen (secondary N) is 6. The number of hydrogen-bond acceptors (Lipinski definition) is 13. The van der Waals surface area contributed by atoms with Crippen molar-refractivity contribution < 1.29 is 68.1 Å². The number of aliphatic hydroxyl groups is 1. The molecule has 0 radical (unpaired) electrons. The van der Waals surface area contributed by atoms with Crippen molar-refractivity contribution in [1.29, 1.82) is 0 Å². The van der Waals surface area contributed by atoms with E-state index in [9.17, 15) is 68.1 Å². The van der Waals surface area contributed by atoms with Gasteiger partial charge in [-0.05, 0) is 56.8 Å². The zero-order valence-corrected chi connectivity index (χ0v) is 38.1. The van der Waals surface area contributed by atoms with Crippen molar-refractivity contribution in [2.75, 3.05) is 19.7 Å². The van der Waals surface area contributed by atoms with Crippen LogP contribution in [0.5, 0.6) is 0 Å². The van der Waals surface area contributed by atoms with Crippen LogP contribution in [0.3, 0.4) is 0 Å². The smallest absolute Gasteiger partial charge is 0.326 e. The molecule has 2 heterocycles. The van der Waals surface area contributed by atoms with Gasteiger partial charge < -0.3 is 68.5 Å². The number of likely N-dealkylation sites (tertiary alicyclic amines) is 2. The molecule has 2 aliphatic rings. The number of nitrogens with zero attached hydrogens (tertiary/aromatic N) is 2. The Morgan fingerprint density at radius 1 is 0.631 bits per heavy atom. The molecule has 0 aliphatic carbocycles. The van der Waals surface area contributed by atoms with E-state index in [1.165, 1.54) is 16.7 Å². The maximum Gasteiger partial charge on any atom is 0.326 e. The van der Waals surface area contributed by atoms with E-state index in [0.717, 1.165) is 0 Å². The minimum atomic E-state index is -1.74. The Kier molecular flexibility index (Phi) is 21.7. The van der Waals surface area contributed by atoms with Crippen LogP contribution >= 0.6 is 0 Å². The summed E-state index contributed by atoms with van der Waals surface area (Å²) in [5.41, 5.74) is 11.3. The number of hydrogen-bond donors (Lipinski definition) is 11. The number of carbonyl (C=O) groups is 11. The van der Waals surface area contributed by atoms with E-state index >= 15 is 0 Å². The molecule has 0 unspecified atom stereocenters. The van der Waals surface area contributed by atoms with Gasteiger partial charge in [0.15, 0.2) is 0 Å². The lowest BCUT2D eigenvalue weighted by atomic mass is 9.96. The zero-order chi connectivity index (χ0) is 49.5. The third-order valence-electron chi connectivity index (χ3n) is 11.6. The van der Waals surface area contributed by atoms with Crippen molar-refractivity contribution in [3.8, 4) is 0 Å². The van der Waals surface area contributed by atoms with Gasteiger partial charge in [0.2, 0.25) is 53.2 Å². The highest BCUT2D eigenvalue weighted by molar-refractivity contribution is 5.99. The lowest BCUT2D eigenvalue weighted by molar-refractivity contribution is -0.145. The van der Waals surface area contributed by atoms with E-state index in [1.807, 2.05) is 0 Å². The van der Waals surface area contributed by atoms with Gasteiger partial charge in [0.25, 0.3) is 0 Å². The van der Waals surface area contributed by atoms with Crippen LogP contribution in [0.25, 0.3) is 0 Å². The van der Waals surface area contributed by atoms with Crippen molar-refractivity contribution in [1.82, 2.24) is 41.7 Å². The van der Waals surface area contributed by atoms with Gasteiger partial charge in [0.05, 0.1) is 19.1 Å². The molecular formula is C41H68N10O14. The maximum atomic E-state index is 14.1. The number of primary amides is 1. The van der Waals surface area contributed by atoms with Gasteiger partial charge in [-0.3, -0.25) is 47.9 Å². The van der Waals surface area contributed by atoms with Gasteiger partial charge in [0, 0.05) is 19.5 Å². The van der Waals surface area contributed by atoms with Gasteiger partial charge in [-0.25, -0.2) is 4.79 Å². The second-order valence-electron chi connectivity index (χ2n) is 17.3. The van der Waals surface area contributed by atoms with Gasteiger partial charge in [-0.15, -0.1) is 0 Å². The molecule has 65 heavy (non-hydrogen) atoms. The van der Waals surface area contributed by atoms with Crippen molar-refractivity contribution >= 4 is 65.1 Å². The SMILES string of the molecule is CC[C@H](C)[C@H](NC(=O)[C@H](CO)NC(=O)[C@@H](N)C(C)C)C(=O)N1CCC[C@H]1C(=O)N[C@@H](CCC(=O)O)C(=O)N[C@@H](CC(N)=O)C(=O)N[C@@H](C)C(=O)N1CCC[C@H]1C(=O)N[C@H](C(=O)O)C(C)C. The molecule has 2 rings (SSSR count). The fraction of sp³-hybridized carbons (Fsp3) is 0.732. The van der Waals surface area contributed by atoms with E-state index in [4.69, 9.17) is 11.5 Å². The van der Waals surface area contributed by atoms with Crippen molar-refractivity contribution in [3.63, 3.8) is 0 Å². The zero-order valence-electron chi connectivity index (χ0n) is 38.1. The van der Waals surface area contributed by atoms with E-state index in [0.29, 0.717) is 19.3 Å². The molecule has 2 fully saturated rings. The molecule has 13 N–H and O–H groups in total. The minimum Gasteiger partial charge on any atom is -0.481 e. The summed E-state index contributed by atoms with van der Waals surface area (Å²) in [6, 6.07) is -11.9. The monoisotopic (exact) mass is 924 g/mol. The first kappa shape index (κ1) is 55.2. The Morgan fingerprint density at radius 3 is 1.62 bits per heavy atom. The van der Waals surface area contributed by atoms with Crippen LogP contribution < -0.4 is 43.4 Å². The third kappa shape index (κ3) is 15.9. The molecule has 24 nitrogen and oxygen atoms in total. The van der Waals surface area contributed by atoms with E-state index in [2.05, 4.69) is 31.9 Å². The summed E-state index contributed by atoms with van der Waals surface area (Å²) in [6.45, 7) is 10.7. The highest BCUT2D eigenvalue weighted by atomic mass is 16.4. The molecule has 0 aromatic carbocycles. The maximum absolute atomic E-state index is 14.1. The van der Waals surface area contributed by atoms with Crippen molar-refractivity contribution in [3.05, 3.63) is 0 Å². The van der Waals surface area contributed by atoms with Crippen LogP contribution in [0, 0.1) is 17.8 Å². The van der Waals surface area contributed by atoms with Crippen molar-refractivity contribution in [2.24, 2.45) is 29.2 Å². The summed E-state index contributed by atoms with van der Waals surface area (Å²) in [4.78, 5) is 145. The fourth-order valence-electron chi connectivity index (χ4n) is 7.36. The number of carboxylic acid groups (broad SMARTS) is 2. The molecule has 0 bridgehead atoms. The topological polar surface area (TPSA) is 379 Å². The van der Waals surface area contributed by atoms with Gasteiger partial charge in [-0.1, -0.05) is 48.0 Å². The number of carbonyl (C=O) groups excluding carboxylic acids is 9. The molecule has 0 spiro atoms. The second kappa shape index (κ2) is 25.5. The molecule has 9 amide bonds. The number of nitrogens with two attached hydrogens (primary N) is 2. The van der Waals surface area contributed by atoms with Gasteiger partial charge in [-0.2, -0.15) is 0 Å². The van der Waals surface area contributed by atoms with Crippen LogP contribution in [0.1, 0.15) is 99.8 Å². The Hall–Kier alpha value is -5.91. The molecule has 24 heteroatoms. The predicted molar refractivity (Wildman–Crippen MR) is 229 cm³/mol. The summed E-state index contributed by atoms with van der Waals surface area (Å²) in [5.74, 6) is -11.6.